The molecule has 0 aliphatic carbocycles. The van der Waals surface area contributed by atoms with E-state index >= 15 is 0 Å². The SMILES string of the molecule is Cc1ccc(C(F)(F)F)nc1.Nc1ccc(Cc2c[nH]c3ncc(Cl)cc23)cn1. The maximum Gasteiger partial charge on any atom is 0.433 e. The first kappa shape index (κ1) is 20.6. The summed E-state index contributed by atoms with van der Waals surface area (Å²) >= 11 is 5.97. The lowest BCUT2D eigenvalue weighted by Crippen LogP contribution is -2.07. The number of H-pyrrole nitrogens is 1. The predicted octanol–water partition coefficient (Wildman–Crippen LogP) is 5.19. The first-order valence-electron chi connectivity index (χ1n) is 8.54. The van der Waals surface area contributed by atoms with Crippen molar-refractivity contribution in [3.63, 3.8) is 0 Å². The van der Waals surface area contributed by atoms with E-state index in [0.29, 0.717) is 10.8 Å². The summed E-state index contributed by atoms with van der Waals surface area (Å²) in [6.07, 6.45) is 3.01. The van der Waals surface area contributed by atoms with E-state index < -0.39 is 11.9 Å². The number of fused-ring (bicyclic) bond motifs is 1. The molecule has 0 bridgehead atoms. The Morgan fingerprint density at radius 2 is 1.83 bits per heavy atom. The Hall–Kier alpha value is -3.13. The van der Waals surface area contributed by atoms with Crippen molar-refractivity contribution in [2.75, 3.05) is 5.73 Å². The zero-order valence-electron chi connectivity index (χ0n) is 15.3. The molecule has 0 spiro atoms. The van der Waals surface area contributed by atoms with Crippen LogP contribution in [0.1, 0.15) is 22.4 Å². The highest BCUT2D eigenvalue weighted by atomic mass is 35.5. The number of halogens is 4. The summed E-state index contributed by atoms with van der Waals surface area (Å²) in [7, 11) is 0. The molecule has 4 heterocycles. The Bertz CT molecular complexity index is 1090. The molecule has 0 aliphatic rings. The van der Waals surface area contributed by atoms with Crippen LogP contribution in [0.5, 0.6) is 0 Å². The highest BCUT2D eigenvalue weighted by Crippen LogP contribution is 2.27. The molecule has 0 atom stereocenters. The van der Waals surface area contributed by atoms with Gasteiger partial charge in [0.1, 0.15) is 17.2 Å². The van der Waals surface area contributed by atoms with Crippen LogP contribution in [-0.2, 0) is 12.6 Å². The number of nitrogen functional groups attached to an aromatic ring is 1. The molecule has 0 amide bonds. The molecular formula is C20H17ClF3N5. The van der Waals surface area contributed by atoms with Gasteiger partial charge in [0, 0.05) is 36.6 Å². The van der Waals surface area contributed by atoms with Crippen LogP contribution >= 0.6 is 11.6 Å². The fourth-order valence-electron chi connectivity index (χ4n) is 2.57. The first-order valence-corrected chi connectivity index (χ1v) is 8.92. The number of rotatable bonds is 2. The van der Waals surface area contributed by atoms with Gasteiger partial charge in [0.25, 0.3) is 0 Å². The average Bonchev–Trinajstić information content (AvgIpc) is 3.06. The zero-order valence-corrected chi connectivity index (χ0v) is 16.1. The highest BCUT2D eigenvalue weighted by Gasteiger charge is 2.31. The van der Waals surface area contributed by atoms with Crippen molar-refractivity contribution >= 4 is 28.5 Å². The van der Waals surface area contributed by atoms with E-state index in [-0.39, 0.29) is 0 Å². The summed E-state index contributed by atoms with van der Waals surface area (Å²) < 4.78 is 35.6. The molecule has 0 fully saturated rings. The summed E-state index contributed by atoms with van der Waals surface area (Å²) in [6.45, 7) is 1.69. The predicted molar refractivity (Wildman–Crippen MR) is 107 cm³/mol. The quantitative estimate of drug-likeness (QED) is 0.468. The fourth-order valence-corrected chi connectivity index (χ4v) is 2.73. The highest BCUT2D eigenvalue weighted by molar-refractivity contribution is 6.31. The van der Waals surface area contributed by atoms with Crippen LogP contribution in [0.2, 0.25) is 5.02 Å². The molecule has 0 aromatic carbocycles. The third-order valence-electron chi connectivity index (χ3n) is 4.03. The Morgan fingerprint density at radius 3 is 2.45 bits per heavy atom. The molecule has 0 radical (unpaired) electrons. The second-order valence-corrected chi connectivity index (χ2v) is 6.79. The van der Waals surface area contributed by atoms with Gasteiger partial charge in [0.2, 0.25) is 0 Å². The third-order valence-corrected chi connectivity index (χ3v) is 4.23. The lowest BCUT2D eigenvalue weighted by Gasteiger charge is -2.03. The lowest BCUT2D eigenvalue weighted by molar-refractivity contribution is -0.141. The number of nitrogens with one attached hydrogen (secondary N) is 1. The standard InChI is InChI=1S/C13H11ClN4.C7H6F3N/c14-10-4-11-9(6-17-13(11)18-7-10)3-8-1-2-12(15)16-5-8;1-5-2-3-6(11-4-5)7(8,9)10/h1-2,4-7H,3H2,(H2,15,16)(H,17,18);2-4H,1H3. The van der Waals surface area contributed by atoms with Crippen LogP contribution < -0.4 is 5.73 Å². The van der Waals surface area contributed by atoms with Crippen LogP contribution in [0.4, 0.5) is 19.0 Å². The van der Waals surface area contributed by atoms with Gasteiger partial charge in [-0.25, -0.2) is 9.97 Å². The molecular weight excluding hydrogens is 403 g/mol. The molecule has 9 heteroatoms. The second kappa shape index (κ2) is 8.48. The number of hydrogen-bond acceptors (Lipinski definition) is 4. The summed E-state index contributed by atoms with van der Waals surface area (Å²) in [6, 6.07) is 8.04. The summed E-state index contributed by atoms with van der Waals surface area (Å²) in [5, 5.41) is 1.68. The van der Waals surface area contributed by atoms with E-state index in [0.717, 1.165) is 40.2 Å². The Morgan fingerprint density at radius 1 is 1.03 bits per heavy atom. The number of nitrogens with two attached hydrogens (primary N) is 1. The lowest BCUT2D eigenvalue weighted by atomic mass is 10.1. The molecule has 4 rings (SSSR count). The number of alkyl halides is 3. The number of pyridine rings is 3. The smallest absolute Gasteiger partial charge is 0.384 e. The molecule has 3 N–H and O–H groups in total. The maximum absolute atomic E-state index is 11.9. The van der Waals surface area contributed by atoms with Crippen molar-refractivity contribution in [1.29, 1.82) is 0 Å². The number of aromatic amines is 1. The molecule has 29 heavy (non-hydrogen) atoms. The minimum absolute atomic E-state index is 0.530. The summed E-state index contributed by atoms with van der Waals surface area (Å²) in [5.41, 5.74) is 8.53. The monoisotopic (exact) mass is 419 g/mol. The van der Waals surface area contributed by atoms with Gasteiger partial charge >= 0.3 is 6.18 Å². The first-order chi connectivity index (χ1) is 13.7. The van der Waals surface area contributed by atoms with Gasteiger partial charge in [0.05, 0.1) is 5.02 Å². The van der Waals surface area contributed by atoms with Crippen LogP contribution in [-0.4, -0.2) is 19.9 Å². The van der Waals surface area contributed by atoms with Gasteiger partial charge in [-0.3, -0.25) is 4.98 Å². The van der Waals surface area contributed by atoms with E-state index in [9.17, 15) is 13.2 Å². The molecule has 0 saturated heterocycles. The summed E-state index contributed by atoms with van der Waals surface area (Å²) in [5.74, 6) is 0.530. The molecule has 5 nitrogen and oxygen atoms in total. The number of anilines is 1. The topological polar surface area (TPSA) is 80.5 Å². The Balaban J connectivity index is 0.000000188. The molecule has 4 aromatic rings. The number of hydrogen-bond donors (Lipinski definition) is 2. The number of aromatic nitrogens is 4. The van der Waals surface area contributed by atoms with E-state index in [1.54, 1.807) is 25.4 Å². The van der Waals surface area contributed by atoms with Gasteiger partial charge < -0.3 is 10.7 Å². The van der Waals surface area contributed by atoms with Crippen LogP contribution in [0.3, 0.4) is 0 Å². The van der Waals surface area contributed by atoms with Gasteiger partial charge in [-0.1, -0.05) is 23.7 Å². The van der Waals surface area contributed by atoms with Gasteiger partial charge in [-0.2, -0.15) is 13.2 Å². The van der Waals surface area contributed by atoms with Crippen molar-refractivity contribution in [2.45, 2.75) is 19.5 Å². The zero-order chi connectivity index (χ0) is 21.0. The van der Waals surface area contributed by atoms with Crippen molar-refractivity contribution in [3.05, 3.63) is 82.5 Å². The molecule has 0 saturated carbocycles. The minimum Gasteiger partial charge on any atom is -0.384 e. The fraction of sp³-hybridized carbons (Fsp3) is 0.150. The number of aryl methyl sites for hydroxylation is 1. The van der Waals surface area contributed by atoms with Crippen molar-refractivity contribution in [3.8, 4) is 0 Å². The van der Waals surface area contributed by atoms with Crippen LogP contribution in [0, 0.1) is 6.92 Å². The normalized spacial score (nSPS) is 11.2. The van der Waals surface area contributed by atoms with Gasteiger partial charge in [0.15, 0.2) is 0 Å². The largest absolute Gasteiger partial charge is 0.433 e. The Labute approximate surface area is 169 Å². The van der Waals surface area contributed by atoms with E-state index in [4.69, 9.17) is 17.3 Å². The second-order valence-electron chi connectivity index (χ2n) is 6.35. The maximum atomic E-state index is 11.9. The number of nitrogens with zero attached hydrogens (tertiary/aromatic N) is 3. The minimum atomic E-state index is -4.33. The van der Waals surface area contributed by atoms with Crippen molar-refractivity contribution in [2.24, 2.45) is 0 Å². The van der Waals surface area contributed by atoms with Gasteiger partial charge in [-0.05, 0) is 41.8 Å². The van der Waals surface area contributed by atoms with Crippen molar-refractivity contribution in [1.82, 2.24) is 19.9 Å². The van der Waals surface area contributed by atoms with Gasteiger partial charge in [-0.15, -0.1) is 0 Å². The van der Waals surface area contributed by atoms with Crippen LogP contribution in [0.15, 0.2) is 55.1 Å². The average molecular weight is 420 g/mol. The molecule has 150 valence electrons. The Kier molecular flexibility index (Phi) is 6.03. The van der Waals surface area contributed by atoms with E-state index in [1.807, 2.05) is 18.3 Å². The van der Waals surface area contributed by atoms with E-state index in [2.05, 4.69) is 19.9 Å². The summed E-state index contributed by atoms with van der Waals surface area (Å²) in [4.78, 5) is 14.7. The molecule has 4 aromatic heterocycles. The van der Waals surface area contributed by atoms with Crippen LogP contribution in [0.25, 0.3) is 11.0 Å². The molecule has 0 unspecified atom stereocenters. The third kappa shape index (κ3) is 5.45. The molecule has 0 aliphatic heterocycles. The van der Waals surface area contributed by atoms with Crippen molar-refractivity contribution < 1.29 is 13.2 Å². The van der Waals surface area contributed by atoms with E-state index in [1.165, 1.54) is 12.3 Å².